The van der Waals surface area contributed by atoms with Gasteiger partial charge in [0.2, 0.25) is 0 Å². The second-order valence-corrected chi connectivity index (χ2v) is 5.38. The van der Waals surface area contributed by atoms with Crippen LogP contribution in [0.1, 0.15) is 32.6 Å². The maximum Gasteiger partial charge on any atom is 0.315 e. The average molecular weight is 225 g/mol. The Morgan fingerprint density at radius 2 is 2.00 bits per heavy atom. The molecule has 1 saturated carbocycles. The van der Waals surface area contributed by atoms with Crippen molar-refractivity contribution >= 4 is 6.03 Å². The summed E-state index contributed by atoms with van der Waals surface area (Å²) in [6.07, 6.45) is 4.62. The van der Waals surface area contributed by atoms with Gasteiger partial charge in [-0.1, -0.05) is 6.92 Å². The zero-order valence-corrected chi connectivity index (χ0v) is 10.3. The minimum absolute atomic E-state index is 0.0334. The highest BCUT2D eigenvalue weighted by Gasteiger charge is 2.26. The van der Waals surface area contributed by atoms with E-state index in [4.69, 9.17) is 0 Å². The van der Waals surface area contributed by atoms with Gasteiger partial charge in [0, 0.05) is 18.6 Å². The molecule has 0 radical (unpaired) electrons. The molecule has 16 heavy (non-hydrogen) atoms. The van der Waals surface area contributed by atoms with Crippen LogP contribution in [0, 0.1) is 5.92 Å². The van der Waals surface area contributed by atoms with Gasteiger partial charge in [-0.25, -0.2) is 4.79 Å². The quantitative estimate of drug-likeness (QED) is 0.741. The molecule has 0 aromatic rings. The summed E-state index contributed by atoms with van der Waals surface area (Å²) >= 11 is 0. The molecule has 0 aromatic heterocycles. The number of carbonyl (C=O) groups excluding carboxylic acids is 1. The van der Waals surface area contributed by atoms with Gasteiger partial charge in [-0.05, 0) is 45.2 Å². The van der Waals surface area contributed by atoms with E-state index in [0.29, 0.717) is 18.0 Å². The summed E-state index contributed by atoms with van der Waals surface area (Å²) in [7, 11) is 2.14. The summed E-state index contributed by atoms with van der Waals surface area (Å²) in [5.41, 5.74) is 0. The molecule has 0 bridgehead atoms. The Kier molecular flexibility index (Phi) is 3.69. The predicted octanol–water partition coefficient (Wildman–Crippen LogP) is 1.18. The van der Waals surface area contributed by atoms with Gasteiger partial charge in [-0.15, -0.1) is 0 Å². The smallest absolute Gasteiger partial charge is 0.315 e. The third kappa shape index (κ3) is 2.88. The van der Waals surface area contributed by atoms with Crippen molar-refractivity contribution in [1.82, 2.24) is 15.5 Å². The highest BCUT2D eigenvalue weighted by Crippen LogP contribution is 2.18. The number of likely N-dealkylation sites (tertiary alicyclic amines) is 1. The van der Waals surface area contributed by atoms with Gasteiger partial charge in [-0.3, -0.25) is 0 Å². The fourth-order valence-corrected chi connectivity index (χ4v) is 2.52. The molecular weight excluding hydrogens is 202 g/mol. The number of urea groups is 1. The van der Waals surface area contributed by atoms with Crippen LogP contribution in [0.15, 0.2) is 0 Å². The molecule has 1 saturated heterocycles. The lowest BCUT2D eigenvalue weighted by molar-refractivity contribution is 0.169. The zero-order valence-electron chi connectivity index (χ0n) is 10.3. The molecule has 2 fully saturated rings. The van der Waals surface area contributed by atoms with Crippen LogP contribution in [0.3, 0.4) is 0 Å². The molecule has 2 atom stereocenters. The Hall–Kier alpha value is -0.770. The van der Waals surface area contributed by atoms with Crippen molar-refractivity contribution in [1.29, 1.82) is 0 Å². The Morgan fingerprint density at radius 1 is 1.25 bits per heavy atom. The van der Waals surface area contributed by atoms with Crippen LogP contribution in [0.5, 0.6) is 0 Å². The number of hydrogen-bond donors (Lipinski definition) is 2. The van der Waals surface area contributed by atoms with E-state index in [2.05, 4.69) is 29.5 Å². The van der Waals surface area contributed by atoms with Crippen molar-refractivity contribution in [2.24, 2.45) is 5.92 Å². The fraction of sp³-hybridized carbons (Fsp3) is 0.917. The largest absolute Gasteiger partial charge is 0.335 e. The minimum atomic E-state index is 0.0334. The third-order valence-electron chi connectivity index (χ3n) is 3.87. The van der Waals surface area contributed by atoms with Crippen LogP contribution in [0.4, 0.5) is 4.79 Å². The first kappa shape index (κ1) is 11.7. The van der Waals surface area contributed by atoms with Crippen LogP contribution in [0.2, 0.25) is 0 Å². The van der Waals surface area contributed by atoms with Gasteiger partial charge in [0.05, 0.1) is 0 Å². The van der Waals surface area contributed by atoms with Gasteiger partial charge in [0.15, 0.2) is 0 Å². The lowest BCUT2D eigenvalue weighted by atomic mass is 9.93. The summed E-state index contributed by atoms with van der Waals surface area (Å²) in [6.45, 7) is 4.37. The van der Waals surface area contributed by atoms with E-state index in [1.54, 1.807) is 0 Å². The molecule has 2 N–H and O–H groups in total. The van der Waals surface area contributed by atoms with Crippen LogP contribution in [-0.2, 0) is 0 Å². The Balaban J connectivity index is 1.73. The van der Waals surface area contributed by atoms with Gasteiger partial charge < -0.3 is 15.5 Å². The molecule has 1 aliphatic heterocycles. The van der Waals surface area contributed by atoms with Gasteiger partial charge in [0.25, 0.3) is 0 Å². The monoisotopic (exact) mass is 225 g/mol. The second-order valence-electron chi connectivity index (χ2n) is 5.38. The van der Waals surface area contributed by atoms with Crippen LogP contribution in [0.25, 0.3) is 0 Å². The van der Waals surface area contributed by atoms with E-state index in [0.717, 1.165) is 32.4 Å². The van der Waals surface area contributed by atoms with Crippen molar-refractivity contribution in [2.45, 2.75) is 44.7 Å². The number of hydrogen-bond acceptors (Lipinski definition) is 2. The highest BCUT2D eigenvalue weighted by molar-refractivity contribution is 5.74. The molecule has 1 aliphatic carbocycles. The third-order valence-corrected chi connectivity index (χ3v) is 3.87. The van der Waals surface area contributed by atoms with Crippen molar-refractivity contribution < 1.29 is 4.79 Å². The van der Waals surface area contributed by atoms with E-state index in [-0.39, 0.29) is 6.03 Å². The average Bonchev–Trinajstić information content (AvgIpc) is 2.16. The number of nitrogens with zero attached hydrogens (tertiary/aromatic N) is 1. The normalized spacial score (nSPS) is 31.9. The molecule has 2 unspecified atom stereocenters. The SMILES string of the molecule is CC1CN(C)CCC1NC(=O)NC1CCC1. The Bertz CT molecular complexity index is 253. The summed E-state index contributed by atoms with van der Waals surface area (Å²) < 4.78 is 0. The summed E-state index contributed by atoms with van der Waals surface area (Å²) in [6, 6.07) is 0.809. The standard InChI is InChI=1S/C12H23N3O/c1-9-8-15(2)7-6-11(9)14-12(16)13-10-4-3-5-10/h9-11H,3-8H2,1-2H3,(H2,13,14,16). The van der Waals surface area contributed by atoms with Crippen molar-refractivity contribution in [3.63, 3.8) is 0 Å². The van der Waals surface area contributed by atoms with Gasteiger partial charge in [-0.2, -0.15) is 0 Å². The van der Waals surface area contributed by atoms with Crippen LogP contribution >= 0.6 is 0 Å². The summed E-state index contributed by atoms with van der Waals surface area (Å²) in [4.78, 5) is 14.0. The lowest BCUT2D eigenvalue weighted by Crippen LogP contribution is -2.53. The first-order chi connectivity index (χ1) is 7.65. The number of piperidine rings is 1. The molecule has 2 aliphatic rings. The molecule has 0 spiro atoms. The number of rotatable bonds is 2. The van der Waals surface area contributed by atoms with E-state index in [1.807, 2.05) is 0 Å². The molecule has 92 valence electrons. The van der Waals surface area contributed by atoms with Crippen LogP contribution < -0.4 is 10.6 Å². The maximum atomic E-state index is 11.7. The van der Waals surface area contributed by atoms with Crippen molar-refractivity contribution in [2.75, 3.05) is 20.1 Å². The molecule has 4 heteroatoms. The minimum Gasteiger partial charge on any atom is -0.335 e. The zero-order chi connectivity index (χ0) is 11.5. The van der Waals surface area contributed by atoms with E-state index in [1.165, 1.54) is 6.42 Å². The second kappa shape index (κ2) is 5.04. The molecule has 0 aromatic carbocycles. The van der Waals surface area contributed by atoms with Crippen molar-refractivity contribution in [3.8, 4) is 0 Å². The van der Waals surface area contributed by atoms with Gasteiger partial charge >= 0.3 is 6.03 Å². The first-order valence-electron chi connectivity index (χ1n) is 6.40. The Morgan fingerprint density at radius 3 is 2.56 bits per heavy atom. The summed E-state index contributed by atoms with van der Waals surface area (Å²) in [5.74, 6) is 0.547. The lowest BCUT2D eigenvalue weighted by Gasteiger charge is -2.36. The molecule has 4 nitrogen and oxygen atoms in total. The molecule has 2 rings (SSSR count). The topological polar surface area (TPSA) is 44.4 Å². The van der Waals surface area contributed by atoms with Gasteiger partial charge in [0.1, 0.15) is 0 Å². The molecule has 1 heterocycles. The predicted molar refractivity (Wildman–Crippen MR) is 64.4 cm³/mol. The number of nitrogens with one attached hydrogen (secondary N) is 2. The highest BCUT2D eigenvalue weighted by atomic mass is 16.2. The summed E-state index contributed by atoms with van der Waals surface area (Å²) in [5, 5.41) is 6.14. The molecular formula is C12H23N3O. The maximum absolute atomic E-state index is 11.7. The van der Waals surface area contributed by atoms with E-state index in [9.17, 15) is 4.79 Å². The van der Waals surface area contributed by atoms with Crippen molar-refractivity contribution in [3.05, 3.63) is 0 Å². The van der Waals surface area contributed by atoms with E-state index >= 15 is 0 Å². The van der Waals surface area contributed by atoms with E-state index < -0.39 is 0 Å². The Labute approximate surface area is 97.8 Å². The molecule has 2 amide bonds. The first-order valence-corrected chi connectivity index (χ1v) is 6.40. The fourth-order valence-electron chi connectivity index (χ4n) is 2.52. The number of carbonyl (C=O) groups is 1. The van der Waals surface area contributed by atoms with Crippen LogP contribution in [-0.4, -0.2) is 43.2 Å². The number of amides is 2.